The second kappa shape index (κ2) is 5.35. The van der Waals surface area contributed by atoms with Gasteiger partial charge in [-0.3, -0.25) is 9.48 Å². The van der Waals surface area contributed by atoms with Gasteiger partial charge in [-0.1, -0.05) is 12.1 Å². The van der Waals surface area contributed by atoms with Gasteiger partial charge in [0, 0.05) is 25.4 Å². The van der Waals surface area contributed by atoms with Crippen molar-refractivity contribution >= 4 is 5.91 Å². The zero-order chi connectivity index (χ0) is 13.0. The lowest BCUT2D eigenvalue weighted by Crippen LogP contribution is -2.24. The minimum Gasteiger partial charge on any atom is -0.508 e. The van der Waals surface area contributed by atoms with Gasteiger partial charge in [-0.25, -0.2) is 0 Å². The van der Waals surface area contributed by atoms with Gasteiger partial charge in [-0.15, -0.1) is 0 Å². The first-order valence-electron chi connectivity index (χ1n) is 5.65. The number of amides is 1. The van der Waals surface area contributed by atoms with E-state index in [1.807, 2.05) is 13.2 Å². The highest BCUT2D eigenvalue weighted by Crippen LogP contribution is 2.09. The summed E-state index contributed by atoms with van der Waals surface area (Å²) in [5, 5.41) is 16.0. The molecule has 0 fully saturated rings. The average Bonchev–Trinajstić information content (AvgIpc) is 2.76. The number of aromatic nitrogens is 2. The molecule has 0 spiro atoms. The highest BCUT2D eigenvalue weighted by Gasteiger charge is 2.04. The lowest BCUT2D eigenvalue weighted by atomic mass is 10.1. The van der Waals surface area contributed by atoms with E-state index in [0.29, 0.717) is 13.0 Å². The van der Waals surface area contributed by atoms with E-state index in [0.717, 1.165) is 11.1 Å². The monoisotopic (exact) mass is 245 g/mol. The lowest BCUT2D eigenvalue weighted by Gasteiger charge is -2.03. The van der Waals surface area contributed by atoms with Crippen LogP contribution in [-0.4, -0.2) is 20.8 Å². The molecule has 1 aromatic heterocycles. The van der Waals surface area contributed by atoms with Crippen LogP contribution in [0, 0.1) is 0 Å². The van der Waals surface area contributed by atoms with Gasteiger partial charge in [-0.05, 0) is 17.7 Å². The summed E-state index contributed by atoms with van der Waals surface area (Å²) in [4.78, 5) is 11.7. The van der Waals surface area contributed by atoms with Crippen LogP contribution < -0.4 is 5.32 Å². The summed E-state index contributed by atoms with van der Waals surface area (Å²) in [7, 11) is 1.84. The van der Waals surface area contributed by atoms with E-state index in [2.05, 4.69) is 10.4 Å². The van der Waals surface area contributed by atoms with E-state index < -0.39 is 0 Å². The van der Waals surface area contributed by atoms with Gasteiger partial charge in [0.25, 0.3) is 0 Å². The van der Waals surface area contributed by atoms with E-state index >= 15 is 0 Å². The molecule has 2 aromatic rings. The molecule has 0 radical (unpaired) electrons. The smallest absolute Gasteiger partial charge is 0.224 e. The number of carbonyl (C=O) groups is 1. The van der Waals surface area contributed by atoms with Gasteiger partial charge >= 0.3 is 0 Å². The van der Waals surface area contributed by atoms with E-state index in [1.54, 1.807) is 35.1 Å². The number of nitrogens with zero attached hydrogens (tertiary/aromatic N) is 2. The molecule has 0 bridgehead atoms. The molecular formula is C13H15N3O2. The quantitative estimate of drug-likeness (QED) is 0.844. The Hall–Kier alpha value is -2.30. The van der Waals surface area contributed by atoms with Gasteiger partial charge in [-0.2, -0.15) is 5.10 Å². The summed E-state index contributed by atoms with van der Waals surface area (Å²) < 4.78 is 1.70. The Balaban J connectivity index is 1.83. The maximum atomic E-state index is 11.7. The largest absolute Gasteiger partial charge is 0.508 e. The van der Waals surface area contributed by atoms with Crippen LogP contribution in [0.3, 0.4) is 0 Å². The number of phenols is 1. The third-order valence-corrected chi connectivity index (χ3v) is 2.55. The fourth-order valence-electron chi connectivity index (χ4n) is 1.63. The van der Waals surface area contributed by atoms with Crippen molar-refractivity contribution in [2.45, 2.75) is 13.0 Å². The van der Waals surface area contributed by atoms with Crippen LogP contribution >= 0.6 is 0 Å². The fourth-order valence-corrected chi connectivity index (χ4v) is 1.63. The van der Waals surface area contributed by atoms with Crippen molar-refractivity contribution in [1.82, 2.24) is 15.1 Å². The van der Waals surface area contributed by atoms with Gasteiger partial charge in [0.05, 0.1) is 12.6 Å². The number of hydrogen-bond donors (Lipinski definition) is 2. The van der Waals surface area contributed by atoms with Gasteiger partial charge in [0.15, 0.2) is 0 Å². The zero-order valence-corrected chi connectivity index (χ0v) is 10.1. The highest BCUT2D eigenvalue weighted by atomic mass is 16.3. The molecule has 2 N–H and O–H groups in total. The van der Waals surface area contributed by atoms with Crippen molar-refractivity contribution in [2.75, 3.05) is 0 Å². The lowest BCUT2D eigenvalue weighted by molar-refractivity contribution is -0.120. The van der Waals surface area contributed by atoms with Crippen LogP contribution in [0.1, 0.15) is 11.1 Å². The van der Waals surface area contributed by atoms with Crippen LogP contribution in [0.2, 0.25) is 0 Å². The highest BCUT2D eigenvalue weighted by molar-refractivity contribution is 5.78. The van der Waals surface area contributed by atoms with Crippen LogP contribution in [0.15, 0.2) is 36.7 Å². The summed E-state index contributed by atoms with van der Waals surface area (Å²) in [6.45, 7) is 0.477. The molecule has 0 aliphatic carbocycles. The molecule has 0 atom stereocenters. The standard InChI is InChI=1S/C13H15N3O2/c1-16-9-11(8-15-16)7-14-13(18)6-10-2-4-12(17)5-3-10/h2-5,8-9,17H,6-7H2,1H3,(H,14,18). The summed E-state index contributed by atoms with van der Waals surface area (Å²) in [6.07, 6.45) is 3.89. The predicted molar refractivity (Wildman–Crippen MR) is 66.9 cm³/mol. The Labute approximate surface area is 105 Å². The minimum absolute atomic E-state index is 0.0513. The fraction of sp³-hybridized carbons (Fsp3) is 0.231. The van der Waals surface area contributed by atoms with Crippen molar-refractivity contribution in [1.29, 1.82) is 0 Å². The summed E-state index contributed by atoms with van der Waals surface area (Å²) in [6, 6.07) is 6.62. The second-order valence-electron chi connectivity index (χ2n) is 4.14. The molecule has 94 valence electrons. The number of benzene rings is 1. The molecule has 18 heavy (non-hydrogen) atoms. The van der Waals surface area contributed by atoms with Crippen molar-refractivity contribution < 1.29 is 9.90 Å². The SMILES string of the molecule is Cn1cc(CNC(=O)Cc2ccc(O)cc2)cn1. The number of nitrogens with one attached hydrogen (secondary N) is 1. The van der Waals surface area contributed by atoms with E-state index in [1.165, 1.54) is 0 Å². The molecule has 5 nitrogen and oxygen atoms in total. The summed E-state index contributed by atoms with van der Waals surface area (Å²) in [5.41, 5.74) is 1.84. The minimum atomic E-state index is -0.0513. The Morgan fingerprint density at radius 1 is 1.33 bits per heavy atom. The van der Waals surface area contributed by atoms with E-state index in [-0.39, 0.29) is 11.7 Å². The summed E-state index contributed by atoms with van der Waals surface area (Å²) >= 11 is 0. The molecule has 1 aromatic carbocycles. The molecule has 0 unspecified atom stereocenters. The second-order valence-corrected chi connectivity index (χ2v) is 4.14. The number of aromatic hydroxyl groups is 1. The Morgan fingerprint density at radius 3 is 2.67 bits per heavy atom. The van der Waals surface area contributed by atoms with Gasteiger partial charge in [0.2, 0.25) is 5.91 Å². The Kier molecular flexibility index (Phi) is 3.62. The van der Waals surface area contributed by atoms with Crippen molar-refractivity contribution in [3.63, 3.8) is 0 Å². The number of phenolic OH excluding ortho intramolecular Hbond substituents is 1. The van der Waals surface area contributed by atoms with E-state index in [9.17, 15) is 4.79 Å². The number of hydrogen-bond acceptors (Lipinski definition) is 3. The first-order valence-corrected chi connectivity index (χ1v) is 5.65. The van der Waals surface area contributed by atoms with Gasteiger partial charge in [0.1, 0.15) is 5.75 Å². The van der Waals surface area contributed by atoms with Crippen molar-refractivity contribution in [3.05, 3.63) is 47.8 Å². The molecule has 5 heteroatoms. The normalized spacial score (nSPS) is 10.3. The first-order chi connectivity index (χ1) is 8.63. The van der Waals surface area contributed by atoms with Crippen LogP contribution in [-0.2, 0) is 24.8 Å². The zero-order valence-electron chi connectivity index (χ0n) is 10.1. The molecule has 1 amide bonds. The molecule has 1 heterocycles. The summed E-state index contributed by atoms with van der Waals surface area (Å²) in [5.74, 6) is 0.152. The number of rotatable bonds is 4. The van der Waals surface area contributed by atoms with Crippen molar-refractivity contribution in [2.24, 2.45) is 7.05 Å². The number of carbonyl (C=O) groups excluding carboxylic acids is 1. The molecule has 0 aliphatic heterocycles. The predicted octanol–water partition coefficient (Wildman–Crippen LogP) is 0.985. The maximum Gasteiger partial charge on any atom is 0.224 e. The third-order valence-electron chi connectivity index (χ3n) is 2.55. The van der Waals surface area contributed by atoms with Crippen LogP contribution in [0.5, 0.6) is 5.75 Å². The Bertz CT molecular complexity index is 531. The molecular weight excluding hydrogens is 230 g/mol. The number of aryl methyl sites for hydroxylation is 1. The molecule has 0 saturated heterocycles. The maximum absolute atomic E-state index is 11.7. The van der Waals surface area contributed by atoms with Crippen molar-refractivity contribution in [3.8, 4) is 5.75 Å². The van der Waals surface area contributed by atoms with Crippen LogP contribution in [0.4, 0.5) is 0 Å². The molecule has 0 saturated carbocycles. The average molecular weight is 245 g/mol. The third kappa shape index (κ3) is 3.35. The molecule has 2 rings (SSSR count). The Morgan fingerprint density at radius 2 is 2.06 bits per heavy atom. The van der Waals surface area contributed by atoms with Gasteiger partial charge < -0.3 is 10.4 Å². The molecule has 0 aliphatic rings. The van der Waals surface area contributed by atoms with Crippen LogP contribution in [0.25, 0.3) is 0 Å². The first kappa shape index (κ1) is 12.2. The topological polar surface area (TPSA) is 67.2 Å². The van der Waals surface area contributed by atoms with E-state index in [4.69, 9.17) is 5.11 Å².